The summed E-state index contributed by atoms with van der Waals surface area (Å²) in [6.45, 7) is 2.65. The maximum atomic E-state index is 13.7. The fourth-order valence-electron chi connectivity index (χ4n) is 5.06. The summed E-state index contributed by atoms with van der Waals surface area (Å²) < 4.78 is 5.67. The molecule has 0 saturated carbocycles. The lowest BCUT2D eigenvalue weighted by molar-refractivity contribution is -0.384. The molecule has 0 aliphatic carbocycles. The summed E-state index contributed by atoms with van der Waals surface area (Å²) in [7, 11) is 0. The Hall–Kier alpha value is -4.34. The van der Waals surface area contributed by atoms with Crippen molar-refractivity contribution in [3.05, 3.63) is 76.4 Å². The molecule has 2 saturated heterocycles. The van der Waals surface area contributed by atoms with Crippen molar-refractivity contribution in [3.8, 4) is 5.75 Å². The number of carbonyl (C=O) groups is 3. The number of carbonyl (C=O) groups excluding carboxylic acids is 3. The number of rotatable bonds is 8. The molecule has 2 aromatic carbocycles. The highest BCUT2D eigenvalue weighted by Crippen LogP contribution is 2.46. The Morgan fingerprint density at radius 1 is 1.11 bits per heavy atom. The molecule has 0 unspecified atom stereocenters. The first-order valence-electron chi connectivity index (χ1n) is 11.8. The lowest BCUT2D eigenvalue weighted by Crippen LogP contribution is -2.46. The lowest BCUT2D eigenvalue weighted by atomic mass is 9.86. The van der Waals surface area contributed by atoms with Crippen LogP contribution in [0.5, 0.6) is 5.75 Å². The molecule has 0 radical (unpaired) electrons. The Bertz CT molecular complexity index is 1290. The van der Waals surface area contributed by atoms with Gasteiger partial charge in [-0.05, 0) is 36.8 Å². The standard InChI is InChI=1S/C26H24N4O6/c1-2-3-14-36-19-11-9-17(10-12-19)28-25(32)21-20-8-5-13-27-29(20)23(22(21)26(28)33)24(31)16-6-4-7-18(15-16)30(34)35/h4-13,15,20-23H,2-3,14H2,1H3/t20-,21+,22+,23-/m1/s1. The number of hydrogen-bond acceptors (Lipinski definition) is 8. The average molecular weight is 489 g/mol. The molecule has 10 nitrogen and oxygen atoms in total. The van der Waals surface area contributed by atoms with Crippen molar-refractivity contribution in [3.63, 3.8) is 0 Å². The number of non-ortho nitro benzene ring substituents is 1. The number of fused-ring (bicyclic) bond motifs is 3. The first-order chi connectivity index (χ1) is 17.4. The van der Waals surface area contributed by atoms with E-state index in [1.54, 1.807) is 36.4 Å². The van der Waals surface area contributed by atoms with Gasteiger partial charge in [-0.1, -0.05) is 31.6 Å². The van der Waals surface area contributed by atoms with Crippen LogP contribution in [0.15, 0.2) is 65.8 Å². The zero-order valence-corrected chi connectivity index (χ0v) is 19.5. The number of imide groups is 1. The third kappa shape index (κ3) is 3.84. The highest BCUT2D eigenvalue weighted by Gasteiger charge is 2.64. The van der Waals surface area contributed by atoms with E-state index in [1.807, 2.05) is 0 Å². The van der Waals surface area contributed by atoms with Crippen molar-refractivity contribution >= 4 is 35.2 Å². The van der Waals surface area contributed by atoms with Gasteiger partial charge in [-0.25, -0.2) is 4.90 Å². The molecular weight excluding hydrogens is 464 g/mol. The number of ketones is 1. The van der Waals surface area contributed by atoms with Gasteiger partial charge in [0.2, 0.25) is 11.8 Å². The van der Waals surface area contributed by atoms with Crippen molar-refractivity contribution in [1.82, 2.24) is 5.01 Å². The number of anilines is 1. The van der Waals surface area contributed by atoms with Crippen LogP contribution in [-0.2, 0) is 9.59 Å². The zero-order valence-electron chi connectivity index (χ0n) is 19.5. The van der Waals surface area contributed by atoms with Crippen LogP contribution < -0.4 is 9.64 Å². The Morgan fingerprint density at radius 3 is 2.58 bits per heavy atom. The number of allylic oxidation sites excluding steroid dienone is 1. The topological polar surface area (TPSA) is 122 Å². The molecule has 0 aromatic heterocycles. The van der Waals surface area contributed by atoms with Crippen LogP contribution in [0, 0.1) is 22.0 Å². The Morgan fingerprint density at radius 2 is 1.86 bits per heavy atom. The van der Waals surface area contributed by atoms with Gasteiger partial charge in [0.25, 0.3) is 5.69 Å². The van der Waals surface area contributed by atoms with Gasteiger partial charge in [0.15, 0.2) is 5.78 Å². The first-order valence-corrected chi connectivity index (χ1v) is 11.8. The molecule has 2 fully saturated rings. The molecule has 5 rings (SSSR count). The monoisotopic (exact) mass is 488 g/mol. The largest absolute Gasteiger partial charge is 0.494 e. The van der Waals surface area contributed by atoms with Gasteiger partial charge in [0.05, 0.1) is 35.1 Å². The number of Topliss-reactive ketones (excluding diaryl/α,β-unsaturated/α-hetero) is 1. The van der Waals surface area contributed by atoms with Gasteiger partial charge in [-0.15, -0.1) is 0 Å². The number of nitro groups is 1. The van der Waals surface area contributed by atoms with Gasteiger partial charge in [0.1, 0.15) is 11.8 Å². The molecule has 2 aromatic rings. The third-order valence-electron chi connectivity index (χ3n) is 6.76. The van der Waals surface area contributed by atoms with Crippen LogP contribution in [0.2, 0.25) is 0 Å². The molecule has 0 bridgehead atoms. The van der Waals surface area contributed by atoms with E-state index < -0.39 is 46.4 Å². The summed E-state index contributed by atoms with van der Waals surface area (Å²) in [6, 6.07) is 10.5. The third-order valence-corrected chi connectivity index (χ3v) is 6.76. The number of hydrazone groups is 1. The summed E-state index contributed by atoms with van der Waals surface area (Å²) in [6.07, 6.45) is 6.86. The maximum Gasteiger partial charge on any atom is 0.270 e. The summed E-state index contributed by atoms with van der Waals surface area (Å²) >= 11 is 0. The minimum atomic E-state index is -1.07. The number of ether oxygens (including phenoxy) is 1. The van der Waals surface area contributed by atoms with E-state index in [0.717, 1.165) is 17.7 Å². The first kappa shape index (κ1) is 23.4. The second-order valence-electron chi connectivity index (χ2n) is 8.90. The van der Waals surface area contributed by atoms with E-state index in [2.05, 4.69) is 12.0 Å². The summed E-state index contributed by atoms with van der Waals surface area (Å²) in [5.41, 5.74) is 0.259. The number of hydrogen-bond donors (Lipinski definition) is 0. The number of amides is 2. The predicted molar refractivity (Wildman–Crippen MR) is 131 cm³/mol. The number of nitro benzene ring substituents is 1. The maximum absolute atomic E-state index is 13.7. The SMILES string of the molecule is CCCCOc1ccc(N2C(=O)[C@@H]3[C@H](C2=O)[C@H](C(=O)c2cccc([N+](=O)[O-])c2)N2N=CC=C[C@H]32)cc1. The molecule has 10 heteroatoms. The molecule has 36 heavy (non-hydrogen) atoms. The van der Waals surface area contributed by atoms with Crippen LogP contribution in [0.3, 0.4) is 0 Å². The van der Waals surface area contributed by atoms with Crippen LogP contribution in [0.4, 0.5) is 11.4 Å². The molecular formula is C26H24N4O6. The van der Waals surface area contributed by atoms with Gasteiger partial charge < -0.3 is 4.74 Å². The Kier molecular flexibility index (Phi) is 6.09. The summed E-state index contributed by atoms with van der Waals surface area (Å²) in [5, 5.41) is 17.0. The molecule has 184 valence electrons. The Labute approximate surface area is 207 Å². The quantitative estimate of drug-likeness (QED) is 0.184. The van der Waals surface area contributed by atoms with E-state index in [-0.39, 0.29) is 11.3 Å². The van der Waals surface area contributed by atoms with E-state index in [1.165, 1.54) is 35.5 Å². The van der Waals surface area contributed by atoms with Crippen molar-refractivity contribution < 1.29 is 24.0 Å². The second-order valence-corrected chi connectivity index (χ2v) is 8.90. The van der Waals surface area contributed by atoms with Gasteiger partial charge in [-0.2, -0.15) is 5.10 Å². The van der Waals surface area contributed by atoms with Gasteiger partial charge in [-0.3, -0.25) is 29.5 Å². The molecule has 0 spiro atoms. The van der Waals surface area contributed by atoms with Crippen molar-refractivity contribution in [2.45, 2.75) is 31.8 Å². The number of benzene rings is 2. The lowest BCUT2D eigenvalue weighted by Gasteiger charge is -2.30. The Balaban J connectivity index is 1.47. The van der Waals surface area contributed by atoms with Crippen molar-refractivity contribution in [2.75, 3.05) is 11.5 Å². The van der Waals surface area contributed by atoms with Gasteiger partial charge >= 0.3 is 0 Å². The van der Waals surface area contributed by atoms with E-state index >= 15 is 0 Å². The molecule has 3 heterocycles. The fourth-order valence-corrected chi connectivity index (χ4v) is 5.06. The average Bonchev–Trinajstić information content (AvgIpc) is 3.36. The van der Waals surface area contributed by atoms with E-state index in [0.29, 0.717) is 18.0 Å². The molecule has 3 aliphatic heterocycles. The predicted octanol–water partition coefficient (Wildman–Crippen LogP) is 3.37. The zero-order chi connectivity index (χ0) is 25.4. The van der Waals surface area contributed by atoms with Crippen LogP contribution >= 0.6 is 0 Å². The van der Waals surface area contributed by atoms with Crippen LogP contribution in [0.1, 0.15) is 30.1 Å². The normalized spacial score (nSPS) is 24.1. The number of nitrogens with zero attached hydrogens (tertiary/aromatic N) is 4. The molecule has 0 N–H and O–H groups in total. The fraction of sp³-hybridized carbons (Fsp3) is 0.308. The molecule has 2 amide bonds. The summed E-state index contributed by atoms with van der Waals surface area (Å²) in [4.78, 5) is 52.6. The summed E-state index contributed by atoms with van der Waals surface area (Å²) in [5.74, 6) is -2.54. The van der Waals surface area contributed by atoms with Crippen molar-refractivity contribution in [2.24, 2.45) is 16.9 Å². The smallest absolute Gasteiger partial charge is 0.270 e. The van der Waals surface area contributed by atoms with Crippen molar-refractivity contribution in [1.29, 1.82) is 0 Å². The molecule has 4 atom stereocenters. The highest BCUT2D eigenvalue weighted by molar-refractivity contribution is 6.24. The molecule has 3 aliphatic rings. The van der Waals surface area contributed by atoms with Gasteiger partial charge in [0, 0.05) is 23.9 Å². The minimum absolute atomic E-state index is 0.0885. The van der Waals surface area contributed by atoms with E-state index in [4.69, 9.17) is 4.74 Å². The second kappa shape index (κ2) is 9.37. The highest BCUT2D eigenvalue weighted by atomic mass is 16.6. The van der Waals surface area contributed by atoms with E-state index in [9.17, 15) is 24.5 Å². The minimum Gasteiger partial charge on any atom is -0.494 e. The van der Waals surface area contributed by atoms with Crippen LogP contribution in [0.25, 0.3) is 0 Å². The number of unbranched alkanes of at least 4 members (excludes halogenated alkanes) is 1. The van der Waals surface area contributed by atoms with Crippen LogP contribution in [-0.4, -0.2) is 52.4 Å².